The highest BCUT2D eigenvalue weighted by molar-refractivity contribution is 6.28. The summed E-state index contributed by atoms with van der Waals surface area (Å²) in [6.45, 7) is 2.72. The van der Waals surface area contributed by atoms with Crippen LogP contribution in [-0.4, -0.2) is 51.1 Å². The van der Waals surface area contributed by atoms with Crippen molar-refractivity contribution in [2.75, 3.05) is 25.5 Å². The van der Waals surface area contributed by atoms with Gasteiger partial charge in [0, 0.05) is 13.6 Å². The fourth-order valence-corrected chi connectivity index (χ4v) is 1.58. The molecule has 0 unspecified atom stereocenters. The quantitative estimate of drug-likeness (QED) is 0.805. The standard InChI is InChI=1S/C10H13ClN6O/c1-3-17(2)7(18)5-12-8-6-4-13-16-9(6)15-10(11)14-8/h4H,3,5H2,1-2H3,(H2,12,13,14,15,16). The average molecular weight is 269 g/mol. The first-order valence-electron chi connectivity index (χ1n) is 5.46. The Balaban J connectivity index is 2.16. The van der Waals surface area contributed by atoms with Gasteiger partial charge in [-0.15, -0.1) is 0 Å². The molecule has 1 amide bonds. The Hall–Kier alpha value is -1.89. The number of nitrogens with zero attached hydrogens (tertiary/aromatic N) is 4. The van der Waals surface area contributed by atoms with Crippen LogP contribution in [0.15, 0.2) is 6.20 Å². The van der Waals surface area contributed by atoms with E-state index in [1.807, 2.05) is 6.92 Å². The number of hydrogen-bond donors (Lipinski definition) is 2. The van der Waals surface area contributed by atoms with E-state index in [-0.39, 0.29) is 17.7 Å². The molecule has 0 aliphatic heterocycles. The van der Waals surface area contributed by atoms with E-state index < -0.39 is 0 Å². The van der Waals surface area contributed by atoms with Crippen LogP contribution >= 0.6 is 11.6 Å². The van der Waals surface area contributed by atoms with Gasteiger partial charge in [0.25, 0.3) is 0 Å². The van der Waals surface area contributed by atoms with Gasteiger partial charge in [-0.05, 0) is 18.5 Å². The van der Waals surface area contributed by atoms with Crippen molar-refractivity contribution in [2.24, 2.45) is 0 Å². The summed E-state index contributed by atoms with van der Waals surface area (Å²) in [5.74, 6) is 0.473. The summed E-state index contributed by atoms with van der Waals surface area (Å²) in [5.41, 5.74) is 0.536. The number of rotatable bonds is 4. The fourth-order valence-electron chi connectivity index (χ4n) is 1.41. The van der Waals surface area contributed by atoms with Crippen LogP contribution in [0.25, 0.3) is 11.0 Å². The summed E-state index contributed by atoms with van der Waals surface area (Å²) in [4.78, 5) is 21.3. The third-order valence-corrected chi connectivity index (χ3v) is 2.76. The molecule has 0 aromatic carbocycles. The van der Waals surface area contributed by atoms with E-state index in [1.165, 1.54) is 0 Å². The molecule has 0 saturated heterocycles. The molecule has 2 N–H and O–H groups in total. The van der Waals surface area contributed by atoms with Gasteiger partial charge in [-0.2, -0.15) is 15.1 Å². The number of aromatic nitrogens is 4. The lowest BCUT2D eigenvalue weighted by Crippen LogP contribution is -2.32. The molecule has 0 saturated carbocycles. The molecule has 0 bridgehead atoms. The number of carbonyl (C=O) groups is 1. The molecule has 0 aliphatic rings. The number of amides is 1. The molecule has 96 valence electrons. The zero-order valence-corrected chi connectivity index (χ0v) is 10.8. The van der Waals surface area contributed by atoms with Crippen LogP contribution in [0, 0.1) is 0 Å². The minimum Gasteiger partial charge on any atom is -0.360 e. The average Bonchev–Trinajstić information content (AvgIpc) is 2.82. The third kappa shape index (κ3) is 2.51. The van der Waals surface area contributed by atoms with Crippen LogP contribution in [0.1, 0.15) is 6.92 Å². The van der Waals surface area contributed by atoms with Crippen LogP contribution in [0.3, 0.4) is 0 Å². The SMILES string of the molecule is CCN(C)C(=O)CNc1nc(Cl)nc2[nH]ncc12. The van der Waals surface area contributed by atoms with Crippen LogP contribution in [0.5, 0.6) is 0 Å². The van der Waals surface area contributed by atoms with E-state index in [9.17, 15) is 4.79 Å². The van der Waals surface area contributed by atoms with E-state index in [1.54, 1.807) is 18.1 Å². The Bertz CT molecular complexity index is 568. The number of likely N-dealkylation sites (N-methyl/N-ethyl adjacent to an activating group) is 1. The van der Waals surface area contributed by atoms with Crippen LogP contribution < -0.4 is 5.32 Å². The molecular formula is C10H13ClN6O. The van der Waals surface area contributed by atoms with E-state index in [0.717, 1.165) is 0 Å². The van der Waals surface area contributed by atoms with Gasteiger partial charge in [0.05, 0.1) is 18.1 Å². The molecule has 2 heterocycles. The molecular weight excluding hydrogens is 256 g/mol. The second-order valence-electron chi connectivity index (χ2n) is 3.73. The van der Waals surface area contributed by atoms with Gasteiger partial charge in [-0.1, -0.05) is 0 Å². The van der Waals surface area contributed by atoms with Gasteiger partial charge < -0.3 is 10.2 Å². The van der Waals surface area contributed by atoms with Crippen molar-refractivity contribution in [2.45, 2.75) is 6.92 Å². The number of aromatic amines is 1. The molecule has 18 heavy (non-hydrogen) atoms. The molecule has 0 radical (unpaired) electrons. The fraction of sp³-hybridized carbons (Fsp3) is 0.400. The predicted molar refractivity (Wildman–Crippen MR) is 68.5 cm³/mol. The molecule has 8 heteroatoms. The molecule has 7 nitrogen and oxygen atoms in total. The highest BCUT2D eigenvalue weighted by Crippen LogP contribution is 2.19. The van der Waals surface area contributed by atoms with Crippen molar-refractivity contribution in [1.82, 2.24) is 25.1 Å². The van der Waals surface area contributed by atoms with Crippen molar-refractivity contribution in [3.05, 3.63) is 11.5 Å². The first-order valence-corrected chi connectivity index (χ1v) is 5.84. The number of hydrogen-bond acceptors (Lipinski definition) is 5. The number of nitrogens with one attached hydrogen (secondary N) is 2. The molecule has 2 aromatic heterocycles. The monoisotopic (exact) mass is 268 g/mol. The molecule has 0 fully saturated rings. The minimum atomic E-state index is -0.0242. The Morgan fingerprint density at radius 2 is 2.33 bits per heavy atom. The Morgan fingerprint density at radius 1 is 1.56 bits per heavy atom. The zero-order valence-electron chi connectivity index (χ0n) is 10.1. The van der Waals surface area contributed by atoms with Crippen molar-refractivity contribution in [1.29, 1.82) is 0 Å². The number of fused-ring (bicyclic) bond motifs is 1. The number of H-pyrrole nitrogens is 1. The maximum absolute atomic E-state index is 11.7. The first kappa shape index (κ1) is 12.6. The van der Waals surface area contributed by atoms with Gasteiger partial charge in [0.2, 0.25) is 11.2 Å². The lowest BCUT2D eigenvalue weighted by molar-refractivity contribution is -0.127. The maximum Gasteiger partial charge on any atom is 0.241 e. The number of carbonyl (C=O) groups excluding carboxylic acids is 1. The molecule has 2 aromatic rings. The normalized spacial score (nSPS) is 10.6. The Labute approximate surface area is 109 Å². The highest BCUT2D eigenvalue weighted by atomic mass is 35.5. The van der Waals surface area contributed by atoms with Crippen LogP contribution in [0.2, 0.25) is 5.28 Å². The lowest BCUT2D eigenvalue weighted by atomic mass is 10.4. The summed E-state index contributed by atoms with van der Waals surface area (Å²) in [7, 11) is 1.74. The summed E-state index contributed by atoms with van der Waals surface area (Å²) >= 11 is 5.78. The van der Waals surface area contributed by atoms with Crippen molar-refractivity contribution in [3.63, 3.8) is 0 Å². The van der Waals surface area contributed by atoms with Crippen LogP contribution in [0.4, 0.5) is 5.82 Å². The molecule has 0 atom stereocenters. The van der Waals surface area contributed by atoms with E-state index >= 15 is 0 Å². The largest absolute Gasteiger partial charge is 0.360 e. The van der Waals surface area contributed by atoms with Gasteiger partial charge in [-0.3, -0.25) is 9.89 Å². The zero-order chi connectivity index (χ0) is 13.1. The molecule has 0 spiro atoms. The first-order chi connectivity index (χ1) is 8.61. The second-order valence-corrected chi connectivity index (χ2v) is 4.07. The van der Waals surface area contributed by atoms with Crippen LogP contribution in [-0.2, 0) is 4.79 Å². The smallest absolute Gasteiger partial charge is 0.241 e. The lowest BCUT2D eigenvalue weighted by Gasteiger charge is -2.15. The van der Waals surface area contributed by atoms with Gasteiger partial charge in [0.15, 0.2) is 5.65 Å². The van der Waals surface area contributed by atoms with E-state index in [4.69, 9.17) is 11.6 Å². The highest BCUT2D eigenvalue weighted by Gasteiger charge is 2.11. The predicted octanol–water partition coefficient (Wildman–Crippen LogP) is 0.896. The second kappa shape index (κ2) is 5.18. The van der Waals surface area contributed by atoms with Crippen molar-refractivity contribution < 1.29 is 4.79 Å². The Kier molecular flexibility index (Phi) is 3.61. The molecule has 0 aliphatic carbocycles. The topological polar surface area (TPSA) is 86.8 Å². The summed E-state index contributed by atoms with van der Waals surface area (Å²) in [6, 6.07) is 0. The summed E-state index contributed by atoms with van der Waals surface area (Å²) in [6.07, 6.45) is 1.59. The number of halogens is 1. The molecule has 2 rings (SSSR count). The summed E-state index contributed by atoms with van der Waals surface area (Å²) < 4.78 is 0. The third-order valence-electron chi connectivity index (χ3n) is 2.59. The van der Waals surface area contributed by atoms with Gasteiger partial charge >= 0.3 is 0 Å². The van der Waals surface area contributed by atoms with Gasteiger partial charge in [-0.25, -0.2) is 0 Å². The number of anilines is 1. The summed E-state index contributed by atoms with van der Waals surface area (Å²) in [5, 5.41) is 10.3. The van der Waals surface area contributed by atoms with E-state index in [0.29, 0.717) is 23.4 Å². The minimum absolute atomic E-state index is 0.0242. The van der Waals surface area contributed by atoms with Crippen molar-refractivity contribution in [3.8, 4) is 0 Å². The Morgan fingerprint density at radius 3 is 3.06 bits per heavy atom. The van der Waals surface area contributed by atoms with Crippen molar-refractivity contribution >= 4 is 34.4 Å². The maximum atomic E-state index is 11.7. The van der Waals surface area contributed by atoms with Gasteiger partial charge in [0.1, 0.15) is 5.82 Å². The van der Waals surface area contributed by atoms with E-state index in [2.05, 4.69) is 25.5 Å².